The quantitative estimate of drug-likeness (QED) is 0.651. The first-order valence-corrected chi connectivity index (χ1v) is 10.4. The second-order valence-corrected chi connectivity index (χ2v) is 8.01. The SMILES string of the molecule is O=C(Cc1csc(NC(=O)Nc2ccc(Cl)cc2)n1)NCC1CCCCC1. The summed E-state index contributed by atoms with van der Waals surface area (Å²) in [7, 11) is 0. The minimum atomic E-state index is -0.389. The number of urea groups is 1. The third-order valence-corrected chi connectivity index (χ3v) is 5.59. The second kappa shape index (κ2) is 9.71. The van der Waals surface area contributed by atoms with Gasteiger partial charge in [-0.15, -0.1) is 11.3 Å². The van der Waals surface area contributed by atoms with Gasteiger partial charge < -0.3 is 10.6 Å². The van der Waals surface area contributed by atoms with E-state index in [4.69, 9.17) is 11.6 Å². The van der Waals surface area contributed by atoms with Crippen LogP contribution in [0.3, 0.4) is 0 Å². The Kier molecular flexibility index (Phi) is 7.06. The average molecular weight is 407 g/mol. The molecule has 1 aliphatic rings. The van der Waals surface area contributed by atoms with Crippen molar-refractivity contribution in [2.75, 3.05) is 17.2 Å². The van der Waals surface area contributed by atoms with E-state index in [9.17, 15) is 9.59 Å². The molecule has 1 aliphatic carbocycles. The van der Waals surface area contributed by atoms with Gasteiger partial charge in [0.2, 0.25) is 5.91 Å². The zero-order chi connectivity index (χ0) is 19.1. The summed E-state index contributed by atoms with van der Waals surface area (Å²) in [6, 6.07) is 6.44. The summed E-state index contributed by atoms with van der Waals surface area (Å²) in [4.78, 5) is 28.4. The number of benzene rings is 1. The molecule has 1 heterocycles. The molecule has 8 heteroatoms. The zero-order valence-corrected chi connectivity index (χ0v) is 16.5. The van der Waals surface area contributed by atoms with E-state index in [2.05, 4.69) is 20.9 Å². The van der Waals surface area contributed by atoms with Gasteiger partial charge in [0.15, 0.2) is 5.13 Å². The molecule has 0 bridgehead atoms. The fourth-order valence-electron chi connectivity index (χ4n) is 3.11. The first kappa shape index (κ1) is 19.6. The van der Waals surface area contributed by atoms with E-state index in [1.165, 1.54) is 43.4 Å². The third kappa shape index (κ3) is 6.52. The first-order valence-electron chi connectivity index (χ1n) is 9.13. The molecule has 3 rings (SSSR count). The molecule has 0 spiro atoms. The van der Waals surface area contributed by atoms with Crippen molar-refractivity contribution in [3.63, 3.8) is 0 Å². The summed E-state index contributed by atoms with van der Waals surface area (Å²) in [5, 5.41) is 11.2. The van der Waals surface area contributed by atoms with Gasteiger partial charge in [-0.2, -0.15) is 0 Å². The smallest absolute Gasteiger partial charge is 0.325 e. The number of hydrogen-bond acceptors (Lipinski definition) is 4. The molecular weight excluding hydrogens is 384 g/mol. The number of carbonyl (C=O) groups is 2. The standard InChI is InChI=1S/C19H23ClN4O2S/c20-14-6-8-15(9-7-14)22-18(26)24-19-23-16(12-27-19)10-17(25)21-11-13-4-2-1-3-5-13/h6-9,12-13H,1-5,10-11H2,(H,21,25)(H2,22,23,24,26). The van der Waals surface area contributed by atoms with E-state index >= 15 is 0 Å². The maximum absolute atomic E-state index is 12.1. The molecule has 144 valence electrons. The van der Waals surface area contributed by atoms with Crippen LogP contribution in [0.5, 0.6) is 0 Å². The van der Waals surface area contributed by atoms with Gasteiger partial charge in [0, 0.05) is 22.6 Å². The van der Waals surface area contributed by atoms with Crippen LogP contribution in [0.2, 0.25) is 5.02 Å². The van der Waals surface area contributed by atoms with Gasteiger partial charge in [-0.25, -0.2) is 9.78 Å². The molecule has 0 saturated heterocycles. The van der Waals surface area contributed by atoms with Crippen molar-refractivity contribution in [2.24, 2.45) is 5.92 Å². The predicted molar refractivity (Wildman–Crippen MR) is 109 cm³/mol. The Bertz CT molecular complexity index is 772. The van der Waals surface area contributed by atoms with Gasteiger partial charge >= 0.3 is 6.03 Å². The normalized spacial score (nSPS) is 14.6. The summed E-state index contributed by atoms with van der Waals surface area (Å²) >= 11 is 7.11. The first-order chi connectivity index (χ1) is 13.1. The number of nitrogens with one attached hydrogen (secondary N) is 3. The number of halogens is 1. The largest absolute Gasteiger partial charge is 0.355 e. The Balaban J connectivity index is 1.42. The third-order valence-electron chi connectivity index (χ3n) is 4.53. The number of amides is 3. The Morgan fingerprint density at radius 2 is 1.85 bits per heavy atom. The van der Waals surface area contributed by atoms with Crippen LogP contribution in [0, 0.1) is 5.92 Å². The predicted octanol–water partition coefficient (Wildman–Crippen LogP) is 4.68. The molecule has 3 amide bonds. The number of aromatic nitrogens is 1. The van der Waals surface area contributed by atoms with Crippen LogP contribution in [0.15, 0.2) is 29.6 Å². The monoisotopic (exact) mass is 406 g/mol. The van der Waals surface area contributed by atoms with Crippen molar-refractivity contribution in [1.29, 1.82) is 0 Å². The Morgan fingerprint density at radius 3 is 2.59 bits per heavy atom. The molecule has 0 unspecified atom stereocenters. The number of hydrogen-bond donors (Lipinski definition) is 3. The molecule has 0 atom stereocenters. The summed E-state index contributed by atoms with van der Waals surface area (Å²) < 4.78 is 0. The van der Waals surface area contributed by atoms with Crippen molar-refractivity contribution < 1.29 is 9.59 Å². The summed E-state index contributed by atoms with van der Waals surface area (Å²) in [6.07, 6.45) is 6.47. The molecule has 1 fully saturated rings. The number of rotatable bonds is 6. The van der Waals surface area contributed by atoms with Crippen LogP contribution in [0.4, 0.5) is 15.6 Å². The topological polar surface area (TPSA) is 83.1 Å². The van der Waals surface area contributed by atoms with E-state index in [0.29, 0.717) is 27.5 Å². The lowest BCUT2D eigenvalue weighted by Crippen LogP contribution is -2.31. The van der Waals surface area contributed by atoms with E-state index in [1.807, 2.05) is 0 Å². The highest BCUT2D eigenvalue weighted by Gasteiger charge is 2.15. The Labute approximate surface area is 167 Å². The maximum Gasteiger partial charge on any atom is 0.325 e. The minimum absolute atomic E-state index is 0.0250. The summed E-state index contributed by atoms with van der Waals surface area (Å²) in [5.74, 6) is 0.579. The average Bonchev–Trinajstić information content (AvgIpc) is 3.09. The Hall–Kier alpha value is -2.12. The van der Waals surface area contributed by atoms with Crippen molar-refractivity contribution in [1.82, 2.24) is 10.3 Å². The molecule has 6 nitrogen and oxygen atoms in total. The number of nitrogens with zero attached hydrogens (tertiary/aromatic N) is 1. The van der Waals surface area contributed by atoms with E-state index in [-0.39, 0.29) is 18.4 Å². The van der Waals surface area contributed by atoms with Crippen molar-refractivity contribution in [2.45, 2.75) is 38.5 Å². The molecule has 0 radical (unpaired) electrons. The lowest BCUT2D eigenvalue weighted by molar-refractivity contribution is -0.120. The fraction of sp³-hybridized carbons (Fsp3) is 0.421. The van der Waals surface area contributed by atoms with Gasteiger partial charge in [0.25, 0.3) is 0 Å². The van der Waals surface area contributed by atoms with Crippen molar-refractivity contribution in [3.8, 4) is 0 Å². The molecule has 1 saturated carbocycles. The minimum Gasteiger partial charge on any atom is -0.355 e. The van der Waals surface area contributed by atoms with E-state index < -0.39 is 0 Å². The van der Waals surface area contributed by atoms with Gasteiger partial charge in [0.05, 0.1) is 12.1 Å². The lowest BCUT2D eigenvalue weighted by Gasteiger charge is -2.21. The highest BCUT2D eigenvalue weighted by Crippen LogP contribution is 2.23. The lowest BCUT2D eigenvalue weighted by atomic mass is 9.89. The van der Waals surface area contributed by atoms with E-state index in [1.54, 1.807) is 29.6 Å². The maximum atomic E-state index is 12.1. The molecule has 3 N–H and O–H groups in total. The highest BCUT2D eigenvalue weighted by molar-refractivity contribution is 7.14. The van der Waals surface area contributed by atoms with Crippen molar-refractivity contribution in [3.05, 3.63) is 40.4 Å². The summed E-state index contributed by atoms with van der Waals surface area (Å²) in [5.41, 5.74) is 1.29. The van der Waals surface area contributed by atoms with Crippen LogP contribution >= 0.6 is 22.9 Å². The van der Waals surface area contributed by atoms with Crippen LogP contribution < -0.4 is 16.0 Å². The second-order valence-electron chi connectivity index (χ2n) is 6.71. The number of carbonyl (C=O) groups excluding carboxylic acids is 2. The molecule has 2 aromatic rings. The molecule has 27 heavy (non-hydrogen) atoms. The molecular formula is C19H23ClN4O2S. The number of thiazole rings is 1. The van der Waals surface area contributed by atoms with Crippen LogP contribution in [-0.2, 0) is 11.2 Å². The summed E-state index contributed by atoms with van der Waals surface area (Å²) in [6.45, 7) is 0.748. The van der Waals surface area contributed by atoms with Crippen molar-refractivity contribution >= 4 is 45.7 Å². The molecule has 1 aromatic heterocycles. The Morgan fingerprint density at radius 1 is 1.11 bits per heavy atom. The van der Waals surface area contributed by atoms with Crippen LogP contribution in [0.25, 0.3) is 0 Å². The molecule has 0 aliphatic heterocycles. The van der Waals surface area contributed by atoms with Gasteiger partial charge in [0.1, 0.15) is 0 Å². The van der Waals surface area contributed by atoms with Crippen LogP contribution in [-0.4, -0.2) is 23.5 Å². The van der Waals surface area contributed by atoms with E-state index in [0.717, 1.165) is 6.54 Å². The van der Waals surface area contributed by atoms with Crippen LogP contribution in [0.1, 0.15) is 37.8 Å². The van der Waals surface area contributed by atoms with Gasteiger partial charge in [-0.05, 0) is 43.0 Å². The zero-order valence-electron chi connectivity index (χ0n) is 15.0. The highest BCUT2D eigenvalue weighted by atomic mass is 35.5. The number of anilines is 2. The molecule has 1 aromatic carbocycles. The fourth-order valence-corrected chi connectivity index (χ4v) is 3.95. The van der Waals surface area contributed by atoms with Gasteiger partial charge in [-0.3, -0.25) is 10.1 Å². The van der Waals surface area contributed by atoms with Gasteiger partial charge in [-0.1, -0.05) is 30.9 Å².